The van der Waals surface area contributed by atoms with Gasteiger partial charge in [-0.2, -0.15) is 4.98 Å². The maximum absolute atomic E-state index is 11.7. The van der Waals surface area contributed by atoms with Crippen LogP contribution >= 0.6 is 0 Å². The second-order valence-corrected chi connectivity index (χ2v) is 6.47. The van der Waals surface area contributed by atoms with Crippen LogP contribution in [0.5, 0.6) is 0 Å². The highest BCUT2D eigenvalue weighted by Crippen LogP contribution is 2.43. The van der Waals surface area contributed by atoms with Gasteiger partial charge < -0.3 is 20.6 Å². The summed E-state index contributed by atoms with van der Waals surface area (Å²) in [4.78, 5) is 35.2. The molecule has 1 atom stereocenters. The van der Waals surface area contributed by atoms with Crippen molar-refractivity contribution >= 4 is 23.6 Å². The summed E-state index contributed by atoms with van der Waals surface area (Å²) in [6.07, 6.45) is 3.79. The molecule has 0 aromatic carbocycles. The van der Waals surface area contributed by atoms with E-state index in [9.17, 15) is 14.7 Å². The van der Waals surface area contributed by atoms with Gasteiger partial charge in [0, 0.05) is 32.8 Å². The topological polar surface area (TPSA) is 113 Å². The zero-order valence-corrected chi connectivity index (χ0v) is 13.1. The second-order valence-electron chi connectivity index (χ2n) is 6.47. The zero-order valence-electron chi connectivity index (χ0n) is 13.1. The lowest BCUT2D eigenvalue weighted by atomic mass is 9.76. The van der Waals surface area contributed by atoms with Crippen LogP contribution in [0.4, 0.5) is 11.8 Å². The fourth-order valence-electron chi connectivity index (χ4n) is 3.67. The normalized spacial score (nSPS) is 23.3. The number of anilines is 2. The van der Waals surface area contributed by atoms with Crippen LogP contribution in [0, 0.1) is 5.41 Å². The van der Waals surface area contributed by atoms with E-state index < -0.39 is 12.0 Å². The van der Waals surface area contributed by atoms with E-state index in [1.807, 2.05) is 0 Å². The molecule has 2 saturated heterocycles. The standard InChI is InChI=1S/C15H21N5O3/c1-10(21)20-9-15(8-11(20)13(22)23)3-6-19(7-4-15)14-17-5-2-12(16)18-14/h2,5,11H,3-4,6-9H2,1H3,(H,22,23)(H2,16,17,18)/t11-/m1/s1. The molecule has 3 N–H and O–H groups in total. The van der Waals surface area contributed by atoms with Crippen molar-refractivity contribution in [1.82, 2.24) is 14.9 Å². The number of rotatable bonds is 2. The molecule has 3 heterocycles. The Morgan fingerprint density at radius 3 is 2.61 bits per heavy atom. The molecule has 2 fully saturated rings. The summed E-state index contributed by atoms with van der Waals surface area (Å²) in [5.41, 5.74) is 5.58. The van der Waals surface area contributed by atoms with Crippen LogP contribution in [0.15, 0.2) is 12.3 Å². The predicted octanol–water partition coefficient (Wildman–Crippen LogP) is 0.351. The van der Waals surface area contributed by atoms with Crippen molar-refractivity contribution in [1.29, 1.82) is 0 Å². The lowest BCUT2D eigenvalue weighted by molar-refractivity contribution is -0.147. The maximum Gasteiger partial charge on any atom is 0.326 e. The average Bonchev–Trinajstić information content (AvgIpc) is 2.88. The Morgan fingerprint density at radius 2 is 2.09 bits per heavy atom. The second kappa shape index (κ2) is 5.68. The minimum absolute atomic E-state index is 0.119. The highest BCUT2D eigenvalue weighted by molar-refractivity contribution is 5.83. The molecular formula is C15H21N5O3. The molecule has 0 aliphatic carbocycles. The highest BCUT2D eigenvalue weighted by Gasteiger charge is 2.49. The highest BCUT2D eigenvalue weighted by atomic mass is 16.4. The number of aliphatic carboxylic acids is 1. The molecule has 2 aliphatic heterocycles. The van der Waals surface area contributed by atoms with Gasteiger partial charge in [0.25, 0.3) is 0 Å². The van der Waals surface area contributed by atoms with Gasteiger partial charge >= 0.3 is 5.97 Å². The van der Waals surface area contributed by atoms with E-state index >= 15 is 0 Å². The first kappa shape index (κ1) is 15.5. The first-order valence-corrected chi connectivity index (χ1v) is 7.74. The van der Waals surface area contributed by atoms with E-state index in [0.29, 0.717) is 24.7 Å². The van der Waals surface area contributed by atoms with Crippen LogP contribution in [0.25, 0.3) is 0 Å². The molecule has 3 rings (SSSR count). The van der Waals surface area contributed by atoms with Gasteiger partial charge in [-0.05, 0) is 30.7 Å². The van der Waals surface area contributed by atoms with Crippen molar-refractivity contribution in [2.75, 3.05) is 30.3 Å². The molecule has 0 bridgehead atoms. The van der Waals surface area contributed by atoms with E-state index in [1.54, 1.807) is 12.3 Å². The van der Waals surface area contributed by atoms with Gasteiger partial charge in [0.05, 0.1) is 0 Å². The van der Waals surface area contributed by atoms with Crippen LogP contribution in [-0.2, 0) is 9.59 Å². The van der Waals surface area contributed by atoms with Crippen LogP contribution in [0.1, 0.15) is 26.2 Å². The Kier molecular flexibility index (Phi) is 3.83. The predicted molar refractivity (Wildman–Crippen MR) is 83.8 cm³/mol. The lowest BCUT2D eigenvalue weighted by Gasteiger charge is -2.39. The van der Waals surface area contributed by atoms with E-state index in [-0.39, 0.29) is 11.3 Å². The van der Waals surface area contributed by atoms with Crippen molar-refractivity contribution in [3.63, 3.8) is 0 Å². The molecule has 124 valence electrons. The van der Waals surface area contributed by atoms with Gasteiger partial charge in [0.15, 0.2) is 0 Å². The molecule has 2 aliphatic rings. The van der Waals surface area contributed by atoms with Gasteiger partial charge in [0.2, 0.25) is 11.9 Å². The van der Waals surface area contributed by atoms with Crippen LogP contribution in [0.3, 0.4) is 0 Å². The minimum Gasteiger partial charge on any atom is -0.480 e. The number of likely N-dealkylation sites (tertiary alicyclic amines) is 1. The molecule has 0 radical (unpaired) electrons. The quantitative estimate of drug-likeness (QED) is 0.808. The van der Waals surface area contributed by atoms with Crippen LogP contribution < -0.4 is 10.6 Å². The molecule has 8 heteroatoms. The average molecular weight is 319 g/mol. The van der Waals surface area contributed by atoms with Gasteiger partial charge in [-0.25, -0.2) is 9.78 Å². The molecule has 23 heavy (non-hydrogen) atoms. The first-order chi connectivity index (χ1) is 10.9. The Bertz CT molecular complexity index is 603. The summed E-state index contributed by atoms with van der Waals surface area (Å²) in [6.45, 7) is 3.43. The molecule has 0 saturated carbocycles. The van der Waals surface area contributed by atoms with Crippen LogP contribution in [-0.4, -0.2) is 57.5 Å². The van der Waals surface area contributed by atoms with Gasteiger partial charge in [-0.1, -0.05) is 0 Å². The van der Waals surface area contributed by atoms with Crippen LogP contribution in [0.2, 0.25) is 0 Å². The van der Waals surface area contributed by atoms with E-state index in [1.165, 1.54) is 11.8 Å². The molecule has 8 nitrogen and oxygen atoms in total. The third-order valence-corrected chi connectivity index (χ3v) is 4.97. The number of carbonyl (C=O) groups excluding carboxylic acids is 1. The Hall–Kier alpha value is -2.38. The number of carboxylic acids is 1. The Morgan fingerprint density at radius 1 is 1.39 bits per heavy atom. The molecule has 1 aromatic rings. The number of aromatic nitrogens is 2. The van der Waals surface area contributed by atoms with Crippen molar-refractivity contribution in [3.8, 4) is 0 Å². The zero-order chi connectivity index (χ0) is 16.6. The summed E-state index contributed by atoms with van der Waals surface area (Å²) in [7, 11) is 0. The number of hydrogen-bond acceptors (Lipinski definition) is 6. The summed E-state index contributed by atoms with van der Waals surface area (Å²) in [5, 5.41) is 9.37. The number of nitrogen functional groups attached to an aromatic ring is 1. The third kappa shape index (κ3) is 2.93. The fraction of sp³-hybridized carbons (Fsp3) is 0.600. The van der Waals surface area contributed by atoms with Gasteiger partial charge in [-0.15, -0.1) is 0 Å². The summed E-state index contributed by atoms with van der Waals surface area (Å²) in [5.74, 6) is -0.0459. The smallest absolute Gasteiger partial charge is 0.326 e. The van der Waals surface area contributed by atoms with Crippen molar-refractivity contribution in [2.24, 2.45) is 5.41 Å². The summed E-state index contributed by atoms with van der Waals surface area (Å²) >= 11 is 0. The molecule has 1 spiro atoms. The lowest BCUT2D eigenvalue weighted by Crippen LogP contribution is -2.43. The largest absolute Gasteiger partial charge is 0.480 e. The number of amides is 1. The number of piperidine rings is 1. The fourth-order valence-corrected chi connectivity index (χ4v) is 3.67. The molecule has 1 amide bonds. The Labute approximate surface area is 134 Å². The first-order valence-electron chi connectivity index (χ1n) is 7.74. The van der Waals surface area contributed by atoms with Gasteiger partial charge in [-0.3, -0.25) is 4.79 Å². The minimum atomic E-state index is -0.918. The molecule has 0 unspecified atom stereocenters. The van der Waals surface area contributed by atoms with E-state index in [4.69, 9.17) is 5.73 Å². The van der Waals surface area contributed by atoms with Gasteiger partial charge in [0.1, 0.15) is 11.9 Å². The summed E-state index contributed by atoms with van der Waals surface area (Å²) in [6, 6.07) is 0.941. The number of nitrogens with zero attached hydrogens (tertiary/aromatic N) is 4. The van der Waals surface area contributed by atoms with Crippen molar-refractivity contribution in [2.45, 2.75) is 32.2 Å². The summed E-state index contributed by atoms with van der Waals surface area (Å²) < 4.78 is 0. The van der Waals surface area contributed by atoms with Crippen molar-refractivity contribution < 1.29 is 14.7 Å². The Balaban J connectivity index is 1.71. The molecular weight excluding hydrogens is 298 g/mol. The number of nitrogens with two attached hydrogens (primary N) is 1. The van der Waals surface area contributed by atoms with Crippen molar-refractivity contribution in [3.05, 3.63) is 12.3 Å². The number of hydrogen-bond donors (Lipinski definition) is 2. The maximum atomic E-state index is 11.7. The molecule has 1 aromatic heterocycles. The SMILES string of the molecule is CC(=O)N1CC2(CCN(c3nccc(N)n3)CC2)C[C@@H]1C(=O)O. The monoisotopic (exact) mass is 319 g/mol. The van der Waals surface area contributed by atoms with E-state index in [2.05, 4.69) is 14.9 Å². The van der Waals surface area contributed by atoms with E-state index in [0.717, 1.165) is 25.9 Å². The third-order valence-electron chi connectivity index (χ3n) is 4.97. The number of carboxylic acid groups (broad SMARTS) is 1. The number of carbonyl (C=O) groups is 2.